The third-order valence-corrected chi connectivity index (χ3v) is 3.52. The number of methoxy groups -OCH3 is 1. The fraction of sp³-hybridized carbons (Fsp3) is 0.429. The highest BCUT2D eigenvalue weighted by Crippen LogP contribution is 2.30. The molecule has 0 aromatic heterocycles. The highest BCUT2D eigenvalue weighted by Gasteiger charge is 2.41. The highest BCUT2D eigenvalue weighted by molar-refractivity contribution is 5.85. The average molecular weight is 247 g/mol. The van der Waals surface area contributed by atoms with E-state index in [0.29, 0.717) is 19.4 Å². The normalized spacial score (nSPS) is 23.2. The molecule has 1 fully saturated rings. The number of nitrogens with zero attached hydrogens (tertiary/aromatic N) is 1. The second-order valence-corrected chi connectivity index (χ2v) is 4.80. The van der Waals surface area contributed by atoms with Crippen LogP contribution in [-0.4, -0.2) is 29.7 Å². The first-order valence-electron chi connectivity index (χ1n) is 5.99. The first-order valence-corrected chi connectivity index (χ1v) is 5.99. The Morgan fingerprint density at radius 2 is 2.06 bits per heavy atom. The lowest BCUT2D eigenvalue weighted by atomic mass is 10.0. The van der Waals surface area contributed by atoms with Crippen LogP contribution in [0, 0.1) is 0 Å². The molecule has 1 aromatic rings. The molecule has 96 valence electrons. The summed E-state index contributed by atoms with van der Waals surface area (Å²) in [6.07, 6.45) is 1.93. The number of ether oxygens (including phenoxy) is 1. The molecule has 0 aliphatic carbocycles. The summed E-state index contributed by atoms with van der Waals surface area (Å²) in [5.74, 6) is 0.824. The Morgan fingerprint density at radius 3 is 2.61 bits per heavy atom. The van der Waals surface area contributed by atoms with Gasteiger partial charge >= 0.3 is 0 Å². The van der Waals surface area contributed by atoms with E-state index in [-0.39, 0.29) is 5.91 Å². The minimum absolute atomic E-state index is 0.0421. The van der Waals surface area contributed by atoms with Gasteiger partial charge in [-0.1, -0.05) is 12.1 Å². The van der Waals surface area contributed by atoms with Crippen LogP contribution in [0.25, 0.3) is 0 Å². The Morgan fingerprint density at radius 1 is 1.39 bits per heavy atom. The van der Waals surface area contributed by atoms with Gasteiger partial charge in [-0.3, -0.25) is 4.79 Å². The monoisotopic (exact) mass is 247 g/mol. The van der Waals surface area contributed by atoms with E-state index in [1.165, 1.54) is 0 Å². The lowest BCUT2D eigenvalue weighted by Gasteiger charge is -2.30. The van der Waals surface area contributed by atoms with E-state index in [4.69, 9.17) is 4.74 Å². The third kappa shape index (κ3) is 2.23. The minimum Gasteiger partial charge on any atom is -0.497 e. The van der Waals surface area contributed by atoms with Gasteiger partial charge in [0.25, 0.3) is 0 Å². The Balaban J connectivity index is 2.16. The molecule has 1 aliphatic heterocycles. The molecule has 1 atom stereocenters. The fourth-order valence-electron chi connectivity index (χ4n) is 2.22. The molecular formula is C14H17NO3. The maximum atomic E-state index is 11.8. The van der Waals surface area contributed by atoms with E-state index in [2.05, 4.69) is 0 Å². The first-order chi connectivity index (χ1) is 8.59. The van der Waals surface area contributed by atoms with Gasteiger partial charge in [0.1, 0.15) is 12.0 Å². The summed E-state index contributed by atoms with van der Waals surface area (Å²) < 4.78 is 5.09. The van der Waals surface area contributed by atoms with Gasteiger partial charge < -0.3 is 14.4 Å². The Hall–Kier alpha value is -1.84. The Kier molecular flexibility index (Phi) is 3.36. The molecule has 0 bridgehead atoms. The van der Waals surface area contributed by atoms with Gasteiger partial charge in [0, 0.05) is 13.0 Å². The number of carbonyl (C=O) groups is 2. The average Bonchev–Trinajstić information content (AvgIpc) is 2.69. The second kappa shape index (κ2) is 4.80. The van der Waals surface area contributed by atoms with E-state index < -0.39 is 5.54 Å². The predicted molar refractivity (Wildman–Crippen MR) is 67.2 cm³/mol. The molecule has 1 unspecified atom stereocenters. The van der Waals surface area contributed by atoms with Crippen molar-refractivity contribution in [2.75, 3.05) is 7.11 Å². The summed E-state index contributed by atoms with van der Waals surface area (Å²) in [7, 11) is 1.61. The number of rotatable bonds is 4. The van der Waals surface area contributed by atoms with E-state index in [9.17, 15) is 9.59 Å². The van der Waals surface area contributed by atoms with Crippen LogP contribution < -0.4 is 4.74 Å². The summed E-state index contributed by atoms with van der Waals surface area (Å²) in [5, 5.41) is 0. The zero-order chi connectivity index (χ0) is 13.2. The molecule has 0 radical (unpaired) electrons. The smallest absolute Gasteiger partial charge is 0.223 e. The van der Waals surface area contributed by atoms with Crippen molar-refractivity contribution in [1.82, 2.24) is 4.90 Å². The predicted octanol–water partition coefficient (Wildman–Crippen LogP) is 1.78. The van der Waals surface area contributed by atoms with Gasteiger partial charge in [-0.25, -0.2) is 0 Å². The summed E-state index contributed by atoms with van der Waals surface area (Å²) in [6, 6.07) is 7.54. The quantitative estimate of drug-likeness (QED) is 0.762. The van der Waals surface area contributed by atoms with Gasteiger partial charge in [-0.15, -0.1) is 0 Å². The third-order valence-electron chi connectivity index (χ3n) is 3.52. The van der Waals surface area contributed by atoms with E-state index in [1.54, 1.807) is 12.0 Å². The van der Waals surface area contributed by atoms with E-state index in [0.717, 1.165) is 17.6 Å². The van der Waals surface area contributed by atoms with Crippen LogP contribution in [0.4, 0.5) is 0 Å². The van der Waals surface area contributed by atoms with Crippen molar-refractivity contribution in [3.8, 4) is 5.75 Å². The van der Waals surface area contributed by atoms with Crippen molar-refractivity contribution in [2.45, 2.75) is 31.8 Å². The molecule has 1 aliphatic rings. The van der Waals surface area contributed by atoms with Crippen LogP contribution in [0.2, 0.25) is 0 Å². The molecule has 18 heavy (non-hydrogen) atoms. The summed E-state index contributed by atoms with van der Waals surface area (Å²) in [6.45, 7) is 2.28. The molecule has 1 saturated heterocycles. The first kappa shape index (κ1) is 12.6. The summed E-state index contributed by atoms with van der Waals surface area (Å²) in [4.78, 5) is 24.6. The maximum absolute atomic E-state index is 11.8. The number of benzene rings is 1. The summed E-state index contributed by atoms with van der Waals surface area (Å²) in [5.41, 5.74) is 0.343. The van der Waals surface area contributed by atoms with E-state index in [1.807, 2.05) is 31.2 Å². The lowest BCUT2D eigenvalue weighted by Crippen LogP contribution is -2.44. The SMILES string of the molecule is COc1ccc(CN2C(=O)CCC2(C)C=O)cc1. The van der Waals surface area contributed by atoms with E-state index >= 15 is 0 Å². The largest absolute Gasteiger partial charge is 0.497 e. The van der Waals surface area contributed by atoms with Crippen molar-refractivity contribution in [3.63, 3.8) is 0 Å². The van der Waals surface area contributed by atoms with Crippen molar-refractivity contribution < 1.29 is 14.3 Å². The Bertz CT molecular complexity index is 455. The van der Waals surface area contributed by atoms with Crippen LogP contribution in [-0.2, 0) is 16.1 Å². The number of hydrogen-bond donors (Lipinski definition) is 0. The van der Waals surface area contributed by atoms with Gasteiger partial charge in [0.05, 0.1) is 12.6 Å². The number of carbonyl (C=O) groups excluding carboxylic acids is 2. The van der Waals surface area contributed by atoms with Crippen molar-refractivity contribution >= 4 is 12.2 Å². The zero-order valence-corrected chi connectivity index (χ0v) is 10.7. The van der Waals surface area contributed by atoms with Gasteiger partial charge in [0.15, 0.2) is 0 Å². The maximum Gasteiger partial charge on any atom is 0.223 e. The number of likely N-dealkylation sites (tertiary alicyclic amines) is 1. The Labute approximate surface area is 107 Å². The zero-order valence-electron chi connectivity index (χ0n) is 10.7. The van der Waals surface area contributed by atoms with Crippen LogP contribution in [0.5, 0.6) is 5.75 Å². The van der Waals surface area contributed by atoms with Crippen molar-refractivity contribution in [1.29, 1.82) is 0 Å². The van der Waals surface area contributed by atoms with Gasteiger partial charge in [-0.05, 0) is 31.0 Å². The summed E-state index contributed by atoms with van der Waals surface area (Å²) >= 11 is 0. The molecule has 0 spiro atoms. The van der Waals surface area contributed by atoms with Gasteiger partial charge in [-0.2, -0.15) is 0 Å². The minimum atomic E-state index is -0.656. The fourth-order valence-corrected chi connectivity index (χ4v) is 2.22. The topological polar surface area (TPSA) is 46.6 Å². The van der Waals surface area contributed by atoms with Crippen LogP contribution in [0.3, 0.4) is 0 Å². The molecule has 0 saturated carbocycles. The molecule has 2 rings (SSSR count). The molecule has 1 heterocycles. The number of amides is 1. The number of aldehydes is 1. The van der Waals surface area contributed by atoms with Gasteiger partial charge in [0.2, 0.25) is 5.91 Å². The molecule has 1 amide bonds. The molecule has 0 N–H and O–H groups in total. The van der Waals surface area contributed by atoms with Crippen LogP contribution >= 0.6 is 0 Å². The molecular weight excluding hydrogens is 230 g/mol. The highest BCUT2D eigenvalue weighted by atomic mass is 16.5. The van der Waals surface area contributed by atoms with Crippen molar-refractivity contribution in [3.05, 3.63) is 29.8 Å². The second-order valence-electron chi connectivity index (χ2n) is 4.80. The molecule has 4 heteroatoms. The lowest BCUT2D eigenvalue weighted by molar-refractivity contribution is -0.135. The standard InChI is InChI=1S/C14H17NO3/c1-14(10-16)8-7-13(17)15(14)9-11-3-5-12(18-2)6-4-11/h3-6,10H,7-9H2,1-2H3. The molecule has 1 aromatic carbocycles. The van der Waals surface area contributed by atoms with Crippen LogP contribution in [0.15, 0.2) is 24.3 Å². The van der Waals surface area contributed by atoms with Crippen LogP contribution in [0.1, 0.15) is 25.3 Å². The molecule has 4 nitrogen and oxygen atoms in total. The van der Waals surface area contributed by atoms with Crippen molar-refractivity contribution in [2.24, 2.45) is 0 Å². The number of hydrogen-bond acceptors (Lipinski definition) is 3.